The van der Waals surface area contributed by atoms with Crippen LogP contribution in [0.5, 0.6) is 0 Å². The molecule has 0 aromatic rings. The maximum Gasteiger partial charge on any atom is 0.472 e. The van der Waals surface area contributed by atoms with Gasteiger partial charge in [0.2, 0.25) is 0 Å². The molecule has 0 heterocycles. The van der Waals surface area contributed by atoms with Crippen molar-refractivity contribution in [2.45, 2.75) is 251 Å². The first kappa shape index (κ1) is 65.7. The zero-order chi connectivity index (χ0) is 49.4. The molecule has 0 amide bonds. The van der Waals surface area contributed by atoms with E-state index in [1.807, 2.05) is 0 Å². The normalized spacial score (nSPS) is 13.9. The minimum Gasteiger partial charge on any atom is -0.457 e. The number of ether oxygens (including phenoxy) is 2. The molecule has 394 valence electrons. The fourth-order valence-corrected chi connectivity index (χ4v) is 8.47. The predicted octanol–water partition coefficient (Wildman–Crippen LogP) is 18.0. The molecule has 0 radical (unpaired) electrons. The monoisotopic (exact) mass is 972 g/mol. The largest absolute Gasteiger partial charge is 0.472 e. The van der Waals surface area contributed by atoms with Gasteiger partial charge in [-0.2, -0.15) is 0 Å². The lowest BCUT2D eigenvalue weighted by Crippen LogP contribution is -2.28. The van der Waals surface area contributed by atoms with E-state index in [4.69, 9.17) is 24.3 Å². The number of phosphoric ester groups is 1. The fraction of sp³-hybridized carbons (Fsp3) is 0.746. The van der Waals surface area contributed by atoms with E-state index in [1.54, 1.807) is 0 Å². The molecule has 8 nitrogen and oxygen atoms in total. The number of nitrogens with two attached hydrogens (primary N) is 1. The first-order valence-corrected chi connectivity index (χ1v) is 29.6. The van der Waals surface area contributed by atoms with Crippen LogP contribution in [-0.2, 0) is 27.9 Å². The van der Waals surface area contributed by atoms with Crippen LogP contribution in [0.3, 0.4) is 0 Å². The lowest BCUT2D eigenvalue weighted by atomic mass is 10.0. The van der Waals surface area contributed by atoms with Crippen molar-refractivity contribution in [1.82, 2.24) is 0 Å². The lowest BCUT2D eigenvalue weighted by molar-refractivity contribution is -0.154. The highest BCUT2D eigenvalue weighted by Gasteiger charge is 2.25. The lowest BCUT2D eigenvalue weighted by Gasteiger charge is -2.20. The molecule has 2 atom stereocenters. The van der Waals surface area contributed by atoms with Crippen LogP contribution < -0.4 is 5.73 Å². The molecular formula is C59H106NO7P. The Kier molecular flexibility index (Phi) is 53.7. The number of allylic oxidation sites excluding steroid dienone is 14. The molecule has 0 rings (SSSR count). The standard InChI is InChI=1S/C59H106NO7P/c1-3-5-7-9-11-13-15-17-19-21-23-25-27-29-30-32-34-36-38-40-42-44-46-48-50-52-59(61)67-58(57-66-68(62,63)65-55-53-60)56-64-54-51-49-47-45-43-41-39-37-35-33-31-28-26-24-22-20-18-16-14-12-10-8-6-4-2/h5,7,11,13,16-19,22-25,29-30,58H,3-4,6,8-10,12,14-15,20-21,26-28,31-57,60H2,1-2H3,(H,62,63)/b7-5-,13-11-,18-16-,19-17-,24-22-,25-23-,30-29-. The third kappa shape index (κ3) is 54.6. The van der Waals surface area contributed by atoms with Crippen molar-refractivity contribution in [2.24, 2.45) is 5.73 Å². The number of carbonyl (C=O) groups is 1. The van der Waals surface area contributed by atoms with E-state index in [9.17, 15) is 14.3 Å². The Morgan fingerprint density at radius 2 is 0.824 bits per heavy atom. The molecule has 0 saturated heterocycles. The molecule has 3 N–H and O–H groups in total. The summed E-state index contributed by atoms with van der Waals surface area (Å²) in [5.74, 6) is -0.337. The van der Waals surface area contributed by atoms with Gasteiger partial charge in [0.05, 0.1) is 19.8 Å². The molecule has 0 aliphatic rings. The molecule has 2 unspecified atom stereocenters. The topological polar surface area (TPSA) is 117 Å². The van der Waals surface area contributed by atoms with Crippen LogP contribution in [0.4, 0.5) is 0 Å². The van der Waals surface area contributed by atoms with E-state index >= 15 is 0 Å². The SMILES string of the molecule is CC/C=C\C/C=C\C/C=C\C/C=C\C/C=C\CCCCCCCCCCCC(=O)OC(COCCCCCCCCCCCCCC/C=C\C/C=C\CCCCCCC)COP(=O)(O)OCCN. The van der Waals surface area contributed by atoms with Gasteiger partial charge in [0.1, 0.15) is 6.10 Å². The quantitative estimate of drug-likeness (QED) is 0.0268. The summed E-state index contributed by atoms with van der Waals surface area (Å²) in [7, 11) is -4.29. The van der Waals surface area contributed by atoms with Gasteiger partial charge in [0.15, 0.2) is 0 Å². The van der Waals surface area contributed by atoms with Crippen LogP contribution in [0.2, 0.25) is 0 Å². The van der Waals surface area contributed by atoms with Crippen LogP contribution in [-0.4, -0.2) is 49.9 Å². The number of unbranched alkanes of at least 4 members (excludes halogenated alkanes) is 26. The highest BCUT2D eigenvalue weighted by atomic mass is 31.2. The summed E-state index contributed by atoms with van der Waals surface area (Å²) < 4.78 is 33.7. The molecule has 0 aliphatic heterocycles. The van der Waals surface area contributed by atoms with Gasteiger partial charge in [-0.3, -0.25) is 13.8 Å². The van der Waals surface area contributed by atoms with Gasteiger partial charge in [-0.25, -0.2) is 4.57 Å². The van der Waals surface area contributed by atoms with Crippen molar-refractivity contribution in [3.05, 3.63) is 85.1 Å². The Hall–Kier alpha value is -2.32. The summed E-state index contributed by atoms with van der Waals surface area (Å²) >= 11 is 0. The molecule has 9 heteroatoms. The molecule has 0 fully saturated rings. The van der Waals surface area contributed by atoms with Crippen LogP contribution in [0.1, 0.15) is 245 Å². The summed E-state index contributed by atoms with van der Waals surface area (Å²) in [6, 6.07) is 0. The van der Waals surface area contributed by atoms with Gasteiger partial charge in [0, 0.05) is 19.6 Å². The third-order valence-corrected chi connectivity index (χ3v) is 12.8. The average Bonchev–Trinajstić information content (AvgIpc) is 3.33. The summed E-state index contributed by atoms with van der Waals surface area (Å²) in [4.78, 5) is 22.7. The number of carbonyl (C=O) groups excluding carboxylic acids is 1. The van der Waals surface area contributed by atoms with Gasteiger partial charge < -0.3 is 20.1 Å². The van der Waals surface area contributed by atoms with Crippen molar-refractivity contribution >= 4 is 13.8 Å². The highest BCUT2D eigenvalue weighted by Crippen LogP contribution is 2.43. The van der Waals surface area contributed by atoms with Gasteiger partial charge in [-0.05, 0) is 89.9 Å². The summed E-state index contributed by atoms with van der Waals surface area (Å²) in [6.45, 7) is 4.81. The maximum absolute atomic E-state index is 12.7. The van der Waals surface area contributed by atoms with Gasteiger partial charge in [-0.1, -0.05) is 234 Å². The Bertz CT molecular complexity index is 1320. The summed E-state index contributed by atoms with van der Waals surface area (Å²) in [5, 5.41) is 0. The van der Waals surface area contributed by atoms with Crippen molar-refractivity contribution in [2.75, 3.05) is 33.0 Å². The van der Waals surface area contributed by atoms with Crippen molar-refractivity contribution in [3.63, 3.8) is 0 Å². The predicted molar refractivity (Wildman–Crippen MR) is 293 cm³/mol. The molecule has 0 spiro atoms. The number of hydrogen-bond donors (Lipinski definition) is 2. The van der Waals surface area contributed by atoms with Crippen molar-refractivity contribution in [1.29, 1.82) is 0 Å². The molecule has 0 aromatic heterocycles. The van der Waals surface area contributed by atoms with E-state index in [1.165, 1.54) is 148 Å². The number of hydrogen-bond acceptors (Lipinski definition) is 7. The highest BCUT2D eigenvalue weighted by molar-refractivity contribution is 7.47. The summed E-state index contributed by atoms with van der Waals surface area (Å²) in [5.41, 5.74) is 5.40. The Balaban J connectivity index is 3.93. The molecule has 0 bridgehead atoms. The van der Waals surface area contributed by atoms with Crippen LogP contribution >= 0.6 is 7.82 Å². The first-order chi connectivity index (χ1) is 33.4. The minimum absolute atomic E-state index is 0.0957. The fourth-order valence-electron chi connectivity index (χ4n) is 7.70. The first-order valence-electron chi connectivity index (χ1n) is 28.1. The smallest absolute Gasteiger partial charge is 0.457 e. The average molecular weight is 972 g/mol. The minimum atomic E-state index is -4.29. The van der Waals surface area contributed by atoms with Gasteiger partial charge >= 0.3 is 13.8 Å². The van der Waals surface area contributed by atoms with Crippen LogP contribution in [0, 0.1) is 0 Å². The van der Waals surface area contributed by atoms with Crippen molar-refractivity contribution < 1.29 is 32.8 Å². The van der Waals surface area contributed by atoms with E-state index in [0.717, 1.165) is 77.0 Å². The molecule has 0 aromatic carbocycles. The van der Waals surface area contributed by atoms with E-state index in [2.05, 4.69) is 98.9 Å². The Labute approximate surface area is 419 Å². The van der Waals surface area contributed by atoms with Gasteiger partial charge in [0.25, 0.3) is 0 Å². The van der Waals surface area contributed by atoms with Crippen molar-refractivity contribution in [3.8, 4) is 0 Å². The zero-order valence-electron chi connectivity index (χ0n) is 44.1. The number of esters is 1. The van der Waals surface area contributed by atoms with E-state index in [0.29, 0.717) is 13.0 Å². The number of phosphoric acid groups is 1. The molecule has 0 aliphatic carbocycles. The molecule has 68 heavy (non-hydrogen) atoms. The Morgan fingerprint density at radius 3 is 1.24 bits per heavy atom. The second kappa shape index (κ2) is 55.6. The molecule has 0 saturated carbocycles. The second-order valence-corrected chi connectivity index (χ2v) is 19.9. The Morgan fingerprint density at radius 1 is 0.456 bits per heavy atom. The van der Waals surface area contributed by atoms with E-state index < -0.39 is 13.9 Å². The second-order valence-electron chi connectivity index (χ2n) is 18.4. The van der Waals surface area contributed by atoms with E-state index in [-0.39, 0.29) is 32.3 Å². The summed E-state index contributed by atoms with van der Waals surface area (Å²) in [6.07, 6.45) is 73.4. The van der Waals surface area contributed by atoms with Crippen LogP contribution in [0.15, 0.2) is 85.1 Å². The zero-order valence-corrected chi connectivity index (χ0v) is 45.0. The third-order valence-electron chi connectivity index (χ3n) is 11.8. The van der Waals surface area contributed by atoms with Gasteiger partial charge in [-0.15, -0.1) is 0 Å². The molecular weight excluding hydrogens is 866 g/mol. The van der Waals surface area contributed by atoms with Crippen LogP contribution in [0.25, 0.3) is 0 Å². The number of rotatable bonds is 53. The maximum atomic E-state index is 12.7.